The first-order valence-corrected chi connectivity index (χ1v) is 5.70. The zero-order valence-corrected chi connectivity index (χ0v) is 10.9. The molecule has 1 atom stereocenters. The summed E-state index contributed by atoms with van der Waals surface area (Å²) in [7, 11) is 0. The Bertz CT molecular complexity index is 245. The summed E-state index contributed by atoms with van der Waals surface area (Å²) in [6.45, 7) is 9.24. The molecule has 0 radical (unpaired) electrons. The maximum absolute atomic E-state index is 11.5. The van der Waals surface area contributed by atoms with E-state index in [1.807, 2.05) is 27.7 Å². The first-order chi connectivity index (χ1) is 7.22. The van der Waals surface area contributed by atoms with Crippen molar-refractivity contribution >= 4 is 12.4 Å². The summed E-state index contributed by atoms with van der Waals surface area (Å²) in [4.78, 5) is 22.4. The molecular formula is C12H23NO3. The van der Waals surface area contributed by atoms with Crippen molar-refractivity contribution < 1.29 is 14.3 Å². The van der Waals surface area contributed by atoms with Gasteiger partial charge in [-0.25, -0.2) is 4.79 Å². The molecule has 0 aromatic rings. The van der Waals surface area contributed by atoms with Crippen LogP contribution in [0.4, 0.5) is 4.79 Å². The van der Waals surface area contributed by atoms with Crippen LogP contribution < -0.4 is 5.32 Å². The predicted molar refractivity (Wildman–Crippen MR) is 63.4 cm³/mol. The Hall–Kier alpha value is -1.06. The van der Waals surface area contributed by atoms with Gasteiger partial charge < -0.3 is 10.1 Å². The van der Waals surface area contributed by atoms with Gasteiger partial charge in [-0.05, 0) is 40.5 Å². The summed E-state index contributed by atoms with van der Waals surface area (Å²) in [6.07, 6.45) is 2.54. The maximum Gasteiger partial charge on any atom is 0.408 e. The molecule has 0 aromatic carbocycles. The Balaban J connectivity index is 4.31. The lowest BCUT2D eigenvalue weighted by molar-refractivity contribution is -0.123. The quantitative estimate of drug-likeness (QED) is 0.737. The molecule has 0 heterocycles. The molecule has 0 aromatic heterocycles. The number of carbonyl (C=O) groups excluding carboxylic acids is 2. The number of hydrogen-bond acceptors (Lipinski definition) is 3. The molecule has 0 aliphatic carbocycles. The summed E-state index contributed by atoms with van der Waals surface area (Å²) < 4.78 is 5.15. The van der Waals surface area contributed by atoms with Gasteiger partial charge in [0.25, 0.3) is 0 Å². The Kier molecular flexibility index (Phi) is 5.48. The van der Waals surface area contributed by atoms with E-state index in [9.17, 15) is 9.59 Å². The van der Waals surface area contributed by atoms with Crippen molar-refractivity contribution in [1.29, 1.82) is 0 Å². The predicted octanol–water partition coefficient (Wildman–Crippen LogP) is 2.66. The number of nitrogens with one attached hydrogen (secondary N) is 1. The third-order valence-electron chi connectivity index (χ3n) is 2.08. The van der Waals surface area contributed by atoms with Crippen molar-refractivity contribution in [2.75, 3.05) is 0 Å². The van der Waals surface area contributed by atoms with Gasteiger partial charge in [-0.3, -0.25) is 4.79 Å². The fourth-order valence-corrected chi connectivity index (χ4v) is 1.21. The number of rotatable bonds is 5. The third-order valence-corrected chi connectivity index (χ3v) is 2.08. The van der Waals surface area contributed by atoms with Crippen LogP contribution in [0.2, 0.25) is 0 Å². The molecular weight excluding hydrogens is 206 g/mol. The van der Waals surface area contributed by atoms with Crippen LogP contribution in [-0.2, 0) is 9.53 Å². The lowest BCUT2D eigenvalue weighted by Crippen LogP contribution is -2.45. The maximum atomic E-state index is 11.5. The van der Waals surface area contributed by atoms with Gasteiger partial charge in [0.1, 0.15) is 0 Å². The van der Waals surface area contributed by atoms with E-state index in [1.54, 1.807) is 6.92 Å². The second-order valence-electron chi connectivity index (χ2n) is 5.30. The summed E-state index contributed by atoms with van der Waals surface area (Å²) >= 11 is 0. The molecule has 0 aliphatic heterocycles. The van der Waals surface area contributed by atoms with Crippen LogP contribution in [0.1, 0.15) is 53.9 Å². The Morgan fingerprint density at radius 3 is 2.25 bits per heavy atom. The van der Waals surface area contributed by atoms with Crippen LogP contribution in [0.3, 0.4) is 0 Å². The molecule has 0 unspecified atom stereocenters. The smallest absolute Gasteiger partial charge is 0.408 e. The van der Waals surface area contributed by atoms with Crippen LogP contribution in [0, 0.1) is 0 Å². The van der Waals surface area contributed by atoms with Crippen LogP contribution in [0.25, 0.3) is 0 Å². The molecule has 4 heteroatoms. The minimum atomic E-state index is -1.01. The fraction of sp³-hybridized carbons (Fsp3) is 0.833. The van der Waals surface area contributed by atoms with Crippen LogP contribution in [0.15, 0.2) is 0 Å². The number of alkyl carbamates (subject to hydrolysis) is 1. The van der Waals surface area contributed by atoms with Crippen molar-refractivity contribution in [2.24, 2.45) is 0 Å². The largest absolute Gasteiger partial charge is 0.436 e. The van der Waals surface area contributed by atoms with E-state index in [-0.39, 0.29) is 5.54 Å². The number of unbranched alkanes of at least 4 members (excludes halogenated alkanes) is 1. The lowest BCUT2D eigenvalue weighted by Gasteiger charge is -2.27. The molecule has 1 N–H and O–H groups in total. The SMILES string of the molecule is CCCC[C@](C)(C=O)OC(=O)NC(C)(C)C. The Labute approximate surface area is 97.7 Å². The Morgan fingerprint density at radius 1 is 1.31 bits per heavy atom. The van der Waals surface area contributed by atoms with E-state index in [0.29, 0.717) is 12.7 Å². The molecule has 1 amide bonds. The zero-order valence-electron chi connectivity index (χ0n) is 10.9. The van der Waals surface area contributed by atoms with Gasteiger partial charge in [-0.2, -0.15) is 0 Å². The summed E-state index contributed by atoms with van der Waals surface area (Å²) in [6, 6.07) is 0. The van der Waals surface area contributed by atoms with E-state index in [2.05, 4.69) is 5.32 Å². The molecule has 0 bridgehead atoms. The molecule has 0 saturated heterocycles. The van der Waals surface area contributed by atoms with E-state index in [4.69, 9.17) is 4.74 Å². The minimum Gasteiger partial charge on any atom is -0.436 e. The molecule has 0 aliphatic rings. The van der Waals surface area contributed by atoms with Crippen molar-refractivity contribution in [2.45, 2.75) is 65.0 Å². The van der Waals surface area contributed by atoms with Gasteiger partial charge in [0.05, 0.1) is 0 Å². The molecule has 0 rings (SSSR count). The third kappa shape index (κ3) is 6.43. The normalized spacial score (nSPS) is 15.1. The second kappa shape index (κ2) is 5.87. The van der Waals surface area contributed by atoms with Crippen LogP contribution >= 0.6 is 0 Å². The van der Waals surface area contributed by atoms with Crippen molar-refractivity contribution in [3.8, 4) is 0 Å². The van der Waals surface area contributed by atoms with E-state index < -0.39 is 11.7 Å². The standard InChI is InChI=1S/C12H23NO3/c1-6-7-8-12(5,9-14)16-10(15)13-11(2,3)4/h9H,6-8H2,1-5H3,(H,13,15)/t12-/m1/s1. The first-order valence-electron chi connectivity index (χ1n) is 5.70. The van der Waals surface area contributed by atoms with Crippen LogP contribution in [0.5, 0.6) is 0 Å². The molecule has 16 heavy (non-hydrogen) atoms. The van der Waals surface area contributed by atoms with Gasteiger partial charge in [-0.1, -0.05) is 13.3 Å². The highest BCUT2D eigenvalue weighted by molar-refractivity contribution is 5.73. The number of aldehydes is 1. The van der Waals surface area contributed by atoms with Crippen molar-refractivity contribution in [3.63, 3.8) is 0 Å². The molecule has 0 fully saturated rings. The molecule has 0 spiro atoms. The zero-order chi connectivity index (χ0) is 12.8. The summed E-state index contributed by atoms with van der Waals surface area (Å²) in [5, 5.41) is 2.67. The van der Waals surface area contributed by atoms with E-state index in [1.165, 1.54) is 0 Å². The number of ether oxygens (including phenoxy) is 1. The topological polar surface area (TPSA) is 55.4 Å². The fourth-order valence-electron chi connectivity index (χ4n) is 1.21. The monoisotopic (exact) mass is 229 g/mol. The van der Waals surface area contributed by atoms with Crippen molar-refractivity contribution in [3.05, 3.63) is 0 Å². The summed E-state index contributed by atoms with van der Waals surface area (Å²) in [5.41, 5.74) is -1.36. The van der Waals surface area contributed by atoms with Gasteiger partial charge in [0.2, 0.25) is 0 Å². The molecule has 4 nitrogen and oxygen atoms in total. The van der Waals surface area contributed by atoms with Crippen molar-refractivity contribution in [1.82, 2.24) is 5.32 Å². The molecule has 0 saturated carbocycles. The minimum absolute atomic E-state index is 0.356. The highest BCUT2D eigenvalue weighted by atomic mass is 16.6. The average Bonchev–Trinajstić information content (AvgIpc) is 2.11. The van der Waals surface area contributed by atoms with Gasteiger partial charge in [-0.15, -0.1) is 0 Å². The van der Waals surface area contributed by atoms with Gasteiger partial charge in [0, 0.05) is 5.54 Å². The van der Waals surface area contributed by atoms with Crippen LogP contribution in [-0.4, -0.2) is 23.5 Å². The highest BCUT2D eigenvalue weighted by Gasteiger charge is 2.29. The highest BCUT2D eigenvalue weighted by Crippen LogP contribution is 2.17. The average molecular weight is 229 g/mol. The second-order valence-corrected chi connectivity index (χ2v) is 5.30. The van der Waals surface area contributed by atoms with E-state index in [0.717, 1.165) is 12.8 Å². The number of amides is 1. The number of carbonyl (C=O) groups is 2. The Morgan fingerprint density at radius 2 is 1.88 bits per heavy atom. The molecule has 94 valence electrons. The first kappa shape index (κ1) is 14.9. The van der Waals surface area contributed by atoms with Gasteiger partial charge in [0.15, 0.2) is 11.9 Å². The van der Waals surface area contributed by atoms with E-state index >= 15 is 0 Å². The van der Waals surface area contributed by atoms with Gasteiger partial charge >= 0.3 is 6.09 Å². The lowest BCUT2D eigenvalue weighted by atomic mass is 10.0. The number of hydrogen-bond donors (Lipinski definition) is 1. The summed E-state index contributed by atoms with van der Waals surface area (Å²) in [5.74, 6) is 0.